The van der Waals surface area contributed by atoms with Gasteiger partial charge in [0, 0.05) is 29.8 Å². The molecule has 0 fully saturated rings. The third-order valence-corrected chi connectivity index (χ3v) is 4.39. The van der Waals surface area contributed by atoms with Crippen LogP contribution in [0, 0.1) is 5.82 Å². The summed E-state index contributed by atoms with van der Waals surface area (Å²) in [5.41, 5.74) is 1.65. The highest BCUT2D eigenvalue weighted by Crippen LogP contribution is 2.31. The molecular formula is C18H12FN5S. The van der Waals surface area contributed by atoms with Crippen LogP contribution in [0.25, 0.3) is 17.1 Å². The molecule has 0 atom stereocenters. The molecule has 0 spiro atoms. The fourth-order valence-electron chi connectivity index (χ4n) is 2.35. The Morgan fingerprint density at radius 1 is 0.840 bits per heavy atom. The second-order valence-corrected chi connectivity index (χ2v) is 6.11. The Morgan fingerprint density at radius 2 is 1.64 bits per heavy atom. The van der Waals surface area contributed by atoms with Crippen LogP contribution in [0.2, 0.25) is 0 Å². The normalized spacial score (nSPS) is 10.8. The van der Waals surface area contributed by atoms with Crippen LogP contribution in [0.1, 0.15) is 0 Å². The molecule has 0 aliphatic heterocycles. The molecule has 3 heterocycles. The van der Waals surface area contributed by atoms with Crippen LogP contribution in [0.3, 0.4) is 0 Å². The Hall–Kier alpha value is -3.06. The van der Waals surface area contributed by atoms with Gasteiger partial charge in [0.1, 0.15) is 10.8 Å². The highest BCUT2D eigenvalue weighted by molar-refractivity contribution is 7.99. The van der Waals surface area contributed by atoms with Gasteiger partial charge in [0.15, 0.2) is 5.82 Å². The Labute approximate surface area is 147 Å². The van der Waals surface area contributed by atoms with Gasteiger partial charge in [0.25, 0.3) is 0 Å². The van der Waals surface area contributed by atoms with Gasteiger partial charge in [0.2, 0.25) is 5.16 Å². The maximum absolute atomic E-state index is 13.3. The average Bonchev–Trinajstić information content (AvgIpc) is 3.07. The number of nitrogens with zero attached hydrogens (tertiary/aromatic N) is 5. The van der Waals surface area contributed by atoms with Gasteiger partial charge in [-0.1, -0.05) is 6.07 Å². The van der Waals surface area contributed by atoms with Crippen LogP contribution in [-0.4, -0.2) is 24.7 Å². The van der Waals surface area contributed by atoms with Crippen LogP contribution in [0.5, 0.6) is 0 Å². The maximum Gasteiger partial charge on any atom is 0.202 e. The van der Waals surface area contributed by atoms with E-state index in [0.717, 1.165) is 16.3 Å². The van der Waals surface area contributed by atoms with E-state index in [1.807, 2.05) is 34.9 Å². The zero-order valence-corrected chi connectivity index (χ0v) is 13.8. The fraction of sp³-hybridized carbons (Fsp3) is 0. The van der Waals surface area contributed by atoms with Crippen molar-refractivity contribution in [2.45, 2.75) is 10.2 Å². The Kier molecular flexibility index (Phi) is 4.22. The van der Waals surface area contributed by atoms with Gasteiger partial charge in [-0.15, -0.1) is 10.2 Å². The predicted molar refractivity (Wildman–Crippen MR) is 92.9 cm³/mol. The molecule has 3 aromatic heterocycles. The second kappa shape index (κ2) is 6.82. The molecular weight excluding hydrogens is 337 g/mol. The summed E-state index contributed by atoms with van der Waals surface area (Å²) in [7, 11) is 0. The third kappa shape index (κ3) is 3.27. The summed E-state index contributed by atoms with van der Waals surface area (Å²) in [5.74, 6) is 0.369. The fourth-order valence-corrected chi connectivity index (χ4v) is 3.16. The first-order chi connectivity index (χ1) is 12.3. The summed E-state index contributed by atoms with van der Waals surface area (Å²) < 4.78 is 15.2. The summed E-state index contributed by atoms with van der Waals surface area (Å²) in [4.78, 5) is 8.35. The first-order valence-corrected chi connectivity index (χ1v) is 8.33. The standard InChI is InChI=1S/C18H12FN5S/c19-14-4-6-15(7-5-14)24-17(13-8-11-20-12-9-13)22-23-18(24)25-16-3-1-2-10-21-16/h1-12H. The van der Waals surface area contributed by atoms with Crippen molar-refractivity contribution in [1.29, 1.82) is 0 Å². The second-order valence-electron chi connectivity index (χ2n) is 5.12. The zero-order chi connectivity index (χ0) is 17.1. The first-order valence-electron chi connectivity index (χ1n) is 7.52. The molecule has 0 aliphatic rings. The van der Waals surface area contributed by atoms with Gasteiger partial charge in [-0.3, -0.25) is 9.55 Å². The largest absolute Gasteiger partial charge is 0.270 e. The Bertz CT molecular complexity index is 972. The van der Waals surface area contributed by atoms with Crippen molar-refractivity contribution < 1.29 is 4.39 Å². The molecule has 122 valence electrons. The molecule has 0 amide bonds. The van der Waals surface area contributed by atoms with Gasteiger partial charge < -0.3 is 0 Å². The minimum atomic E-state index is -0.291. The number of hydrogen-bond donors (Lipinski definition) is 0. The van der Waals surface area contributed by atoms with Crippen molar-refractivity contribution in [3.63, 3.8) is 0 Å². The predicted octanol–water partition coefficient (Wildman–Crippen LogP) is 4.01. The van der Waals surface area contributed by atoms with E-state index >= 15 is 0 Å². The van der Waals surface area contributed by atoms with Crippen molar-refractivity contribution in [2.75, 3.05) is 0 Å². The Balaban J connectivity index is 1.84. The minimum absolute atomic E-state index is 0.291. The molecule has 0 saturated carbocycles. The minimum Gasteiger partial charge on any atom is -0.270 e. The van der Waals surface area contributed by atoms with Crippen molar-refractivity contribution in [3.8, 4) is 17.1 Å². The van der Waals surface area contributed by atoms with E-state index in [1.165, 1.54) is 23.9 Å². The molecule has 0 unspecified atom stereocenters. The Morgan fingerprint density at radius 3 is 2.36 bits per heavy atom. The molecule has 0 radical (unpaired) electrons. The van der Waals surface area contributed by atoms with Crippen LogP contribution in [0.15, 0.2) is 83.4 Å². The lowest BCUT2D eigenvalue weighted by Crippen LogP contribution is -2.00. The topological polar surface area (TPSA) is 56.5 Å². The summed E-state index contributed by atoms with van der Waals surface area (Å²) >= 11 is 1.40. The molecule has 0 N–H and O–H groups in total. The zero-order valence-electron chi connectivity index (χ0n) is 13.0. The van der Waals surface area contributed by atoms with E-state index in [-0.39, 0.29) is 5.82 Å². The van der Waals surface area contributed by atoms with Crippen molar-refractivity contribution in [2.24, 2.45) is 0 Å². The smallest absolute Gasteiger partial charge is 0.202 e. The lowest BCUT2D eigenvalue weighted by molar-refractivity contribution is 0.627. The number of benzene rings is 1. The molecule has 4 aromatic rings. The molecule has 0 saturated heterocycles. The van der Waals surface area contributed by atoms with Gasteiger partial charge in [0.05, 0.1) is 0 Å². The van der Waals surface area contributed by atoms with Gasteiger partial charge in [-0.25, -0.2) is 9.37 Å². The van der Waals surface area contributed by atoms with E-state index in [1.54, 1.807) is 30.7 Å². The van der Waals surface area contributed by atoms with E-state index < -0.39 is 0 Å². The highest BCUT2D eigenvalue weighted by atomic mass is 32.2. The maximum atomic E-state index is 13.3. The van der Waals surface area contributed by atoms with Gasteiger partial charge in [-0.05, 0) is 60.3 Å². The van der Waals surface area contributed by atoms with Crippen LogP contribution < -0.4 is 0 Å². The summed E-state index contributed by atoms with van der Waals surface area (Å²) in [6.07, 6.45) is 5.12. The number of pyridine rings is 2. The van der Waals surface area contributed by atoms with E-state index in [9.17, 15) is 4.39 Å². The molecule has 7 heteroatoms. The number of halogens is 1. The van der Waals surface area contributed by atoms with E-state index in [4.69, 9.17) is 0 Å². The third-order valence-electron chi connectivity index (χ3n) is 3.49. The molecule has 1 aromatic carbocycles. The lowest BCUT2D eigenvalue weighted by Gasteiger charge is -2.10. The first kappa shape index (κ1) is 15.5. The van der Waals surface area contributed by atoms with Crippen LogP contribution in [0.4, 0.5) is 4.39 Å². The molecule has 25 heavy (non-hydrogen) atoms. The number of aromatic nitrogens is 5. The molecule has 4 rings (SSSR count). The SMILES string of the molecule is Fc1ccc(-n2c(Sc3ccccn3)nnc2-c2ccncc2)cc1. The molecule has 0 aliphatic carbocycles. The lowest BCUT2D eigenvalue weighted by atomic mass is 10.2. The molecule has 5 nitrogen and oxygen atoms in total. The highest BCUT2D eigenvalue weighted by Gasteiger charge is 2.17. The number of rotatable bonds is 4. The summed E-state index contributed by atoms with van der Waals surface area (Å²) in [6.45, 7) is 0. The van der Waals surface area contributed by atoms with Crippen molar-refractivity contribution in [3.05, 3.63) is 79.0 Å². The van der Waals surface area contributed by atoms with Crippen LogP contribution in [-0.2, 0) is 0 Å². The van der Waals surface area contributed by atoms with Crippen molar-refractivity contribution >= 4 is 11.8 Å². The number of hydrogen-bond acceptors (Lipinski definition) is 5. The average molecular weight is 349 g/mol. The van der Waals surface area contributed by atoms with Gasteiger partial charge in [-0.2, -0.15) is 0 Å². The quantitative estimate of drug-likeness (QED) is 0.557. The monoisotopic (exact) mass is 349 g/mol. The van der Waals surface area contributed by atoms with E-state index in [0.29, 0.717) is 11.0 Å². The summed E-state index contributed by atoms with van der Waals surface area (Å²) in [6, 6.07) is 15.6. The van der Waals surface area contributed by atoms with E-state index in [2.05, 4.69) is 20.2 Å². The van der Waals surface area contributed by atoms with Gasteiger partial charge >= 0.3 is 0 Å². The summed E-state index contributed by atoms with van der Waals surface area (Å²) in [5, 5.41) is 10.1. The van der Waals surface area contributed by atoms with Crippen molar-refractivity contribution in [1.82, 2.24) is 24.7 Å². The van der Waals surface area contributed by atoms with Crippen LogP contribution >= 0.6 is 11.8 Å². The molecule has 0 bridgehead atoms.